The van der Waals surface area contributed by atoms with Crippen molar-refractivity contribution in [3.8, 4) is 5.75 Å². The van der Waals surface area contributed by atoms with Gasteiger partial charge in [-0.2, -0.15) is 0 Å². The van der Waals surface area contributed by atoms with Gasteiger partial charge in [-0.05, 0) is 31.0 Å². The van der Waals surface area contributed by atoms with Crippen molar-refractivity contribution in [2.75, 3.05) is 6.61 Å². The van der Waals surface area contributed by atoms with Gasteiger partial charge in [0.2, 0.25) is 5.91 Å². The smallest absolute Gasteiger partial charge is 0.269 e. The second-order valence-corrected chi connectivity index (χ2v) is 7.02. The van der Waals surface area contributed by atoms with Crippen molar-refractivity contribution in [1.29, 1.82) is 0 Å². The molecule has 1 amide bonds. The zero-order chi connectivity index (χ0) is 16.6. The number of aromatic nitrogens is 1. The Balaban J connectivity index is 1.74. The van der Waals surface area contributed by atoms with E-state index < -0.39 is 15.9 Å². The number of carbonyl (C=O) groups is 1. The number of carbonyl (C=O) groups excluding carboxylic acids is 1. The van der Waals surface area contributed by atoms with Crippen LogP contribution < -0.4 is 9.46 Å². The first-order chi connectivity index (χ1) is 10.9. The standard InChI is InChI=1S/C15H16N2O5S/c1-9-15(10(2)22-16-9)23(19,20)17-14(18)8-11-3-4-13-12(7-11)5-6-21-13/h3-4,7H,5-6,8H2,1-2H3,(H,17,18). The highest BCUT2D eigenvalue weighted by molar-refractivity contribution is 7.90. The van der Waals surface area contributed by atoms with Gasteiger partial charge in [0.25, 0.3) is 10.0 Å². The van der Waals surface area contributed by atoms with Crippen LogP contribution in [0.4, 0.5) is 0 Å². The van der Waals surface area contributed by atoms with E-state index in [1.54, 1.807) is 12.1 Å². The van der Waals surface area contributed by atoms with Crippen molar-refractivity contribution < 1.29 is 22.5 Å². The highest BCUT2D eigenvalue weighted by Gasteiger charge is 2.26. The Labute approximate surface area is 133 Å². The lowest BCUT2D eigenvalue weighted by Crippen LogP contribution is -2.32. The topological polar surface area (TPSA) is 98.5 Å². The van der Waals surface area contributed by atoms with Crippen molar-refractivity contribution in [1.82, 2.24) is 9.88 Å². The molecule has 0 spiro atoms. The first-order valence-corrected chi connectivity index (χ1v) is 8.58. The van der Waals surface area contributed by atoms with Crippen LogP contribution in [0.25, 0.3) is 0 Å². The van der Waals surface area contributed by atoms with Gasteiger partial charge in [0.1, 0.15) is 11.4 Å². The molecule has 0 atom stereocenters. The van der Waals surface area contributed by atoms with E-state index in [1.165, 1.54) is 13.8 Å². The summed E-state index contributed by atoms with van der Waals surface area (Å²) in [6.45, 7) is 3.63. The van der Waals surface area contributed by atoms with Gasteiger partial charge in [0.15, 0.2) is 10.7 Å². The third kappa shape index (κ3) is 3.07. The first kappa shape index (κ1) is 15.5. The van der Waals surface area contributed by atoms with Gasteiger partial charge in [-0.25, -0.2) is 13.1 Å². The molecule has 1 aliphatic rings. The lowest BCUT2D eigenvalue weighted by Gasteiger charge is -2.07. The average Bonchev–Trinajstić information content (AvgIpc) is 3.04. The summed E-state index contributed by atoms with van der Waals surface area (Å²) < 4.78 is 36.8. The van der Waals surface area contributed by atoms with E-state index in [4.69, 9.17) is 9.26 Å². The monoisotopic (exact) mass is 336 g/mol. The Morgan fingerprint density at radius 3 is 2.83 bits per heavy atom. The first-order valence-electron chi connectivity index (χ1n) is 7.10. The van der Waals surface area contributed by atoms with Crippen LogP contribution in [0.5, 0.6) is 5.75 Å². The van der Waals surface area contributed by atoms with Crippen molar-refractivity contribution in [2.24, 2.45) is 0 Å². The number of benzene rings is 1. The zero-order valence-corrected chi connectivity index (χ0v) is 13.6. The number of amides is 1. The normalized spacial score (nSPS) is 13.5. The minimum Gasteiger partial charge on any atom is -0.493 e. The predicted molar refractivity (Wildman–Crippen MR) is 80.7 cm³/mol. The molecule has 1 aromatic carbocycles. The maximum Gasteiger partial charge on any atom is 0.269 e. The second-order valence-electron chi connectivity index (χ2n) is 5.40. The third-order valence-electron chi connectivity index (χ3n) is 3.60. The minimum absolute atomic E-state index is 0.0319. The fourth-order valence-corrected chi connectivity index (χ4v) is 3.95. The SMILES string of the molecule is Cc1noc(C)c1S(=O)(=O)NC(=O)Cc1ccc2c(c1)CCO2. The highest BCUT2D eigenvalue weighted by atomic mass is 32.2. The predicted octanol–water partition coefficient (Wildman–Crippen LogP) is 1.27. The van der Waals surface area contributed by atoms with E-state index >= 15 is 0 Å². The number of sulfonamides is 1. The van der Waals surface area contributed by atoms with Gasteiger partial charge in [0, 0.05) is 6.42 Å². The number of ether oxygens (including phenoxy) is 1. The fraction of sp³-hybridized carbons (Fsp3) is 0.333. The largest absolute Gasteiger partial charge is 0.493 e. The van der Waals surface area contributed by atoms with E-state index in [0.29, 0.717) is 6.61 Å². The molecule has 1 aliphatic heterocycles. The Bertz CT molecular complexity index is 850. The molecule has 0 radical (unpaired) electrons. The van der Waals surface area contributed by atoms with Crippen molar-refractivity contribution in [3.05, 3.63) is 40.8 Å². The summed E-state index contributed by atoms with van der Waals surface area (Å²) in [5, 5.41) is 3.59. The van der Waals surface area contributed by atoms with Gasteiger partial charge in [-0.3, -0.25) is 4.79 Å². The fourth-order valence-electron chi connectivity index (χ4n) is 2.63. The van der Waals surface area contributed by atoms with Crippen LogP contribution in [0.2, 0.25) is 0 Å². The number of rotatable bonds is 4. The Hall–Kier alpha value is -2.35. The summed E-state index contributed by atoms with van der Waals surface area (Å²) in [6, 6.07) is 5.42. The molecular weight excluding hydrogens is 320 g/mol. The number of nitrogens with one attached hydrogen (secondary N) is 1. The van der Waals surface area contributed by atoms with E-state index in [0.717, 1.165) is 23.3 Å². The number of hydrogen-bond acceptors (Lipinski definition) is 6. The summed E-state index contributed by atoms with van der Waals surface area (Å²) in [6.07, 6.45) is 0.762. The molecule has 1 aromatic heterocycles. The lowest BCUT2D eigenvalue weighted by atomic mass is 10.1. The molecule has 8 heteroatoms. The Kier molecular flexibility index (Phi) is 3.85. The Morgan fingerprint density at radius 2 is 2.13 bits per heavy atom. The summed E-state index contributed by atoms with van der Waals surface area (Å²) >= 11 is 0. The Morgan fingerprint density at radius 1 is 1.35 bits per heavy atom. The molecule has 0 aliphatic carbocycles. The van der Waals surface area contributed by atoms with Gasteiger partial charge in [-0.1, -0.05) is 17.3 Å². The van der Waals surface area contributed by atoms with E-state index in [1.807, 2.05) is 6.07 Å². The number of fused-ring (bicyclic) bond motifs is 1. The van der Waals surface area contributed by atoms with Gasteiger partial charge in [-0.15, -0.1) is 0 Å². The van der Waals surface area contributed by atoms with Crippen molar-refractivity contribution >= 4 is 15.9 Å². The van der Waals surface area contributed by atoms with Crippen LogP contribution in [0.3, 0.4) is 0 Å². The second kappa shape index (κ2) is 5.69. The molecule has 0 saturated heterocycles. The molecule has 1 N–H and O–H groups in total. The number of hydrogen-bond donors (Lipinski definition) is 1. The minimum atomic E-state index is -3.99. The highest BCUT2D eigenvalue weighted by Crippen LogP contribution is 2.26. The van der Waals surface area contributed by atoms with Crippen LogP contribution >= 0.6 is 0 Å². The van der Waals surface area contributed by atoms with E-state index in [2.05, 4.69) is 9.88 Å². The molecule has 0 saturated carbocycles. The summed E-state index contributed by atoms with van der Waals surface area (Å²) in [4.78, 5) is 12.0. The lowest BCUT2D eigenvalue weighted by molar-refractivity contribution is -0.118. The molecule has 7 nitrogen and oxygen atoms in total. The molecule has 0 fully saturated rings. The van der Waals surface area contributed by atoms with E-state index in [-0.39, 0.29) is 22.8 Å². The molecule has 0 unspecified atom stereocenters. The van der Waals surface area contributed by atoms with Crippen molar-refractivity contribution in [2.45, 2.75) is 31.6 Å². The molecule has 122 valence electrons. The van der Waals surface area contributed by atoms with Crippen LogP contribution in [0.1, 0.15) is 22.6 Å². The van der Waals surface area contributed by atoms with Crippen LogP contribution in [-0.2, 0) is 27.7 Å². The number of aryl methyl sites for hydroxylation is 2. The average molecular weight is 336 g/mol. The quantitative estimate of drug-likeness (QED) is 0.903. The summed E-state index contributed by atoms with van der Waals surface area (Å²) in [5.41, 5.74) is 1.99. The van der Waals surface area contributed by atoms with Crippen LogP contribution in [0.15, 0.2) is 27.6 Å². The maximum absolute atomic E-state index is 12.3. The van der Waals surface area contributed by atoms with Gasteiger partial charge < -0.3 is 9.26 Å². The zero-order valence-electron chi connectivity index (χ0n) is 12.8. The molecule has 2 aromatic rings. The van der Waals surface area contributed by atoms with Gasteiger partial charge >= 0.3 is 0 Å². The summed E-state index contributed by atoms with van der Waals surface area (Å²) in [5.74, 6) is 0.360. The maximum atomic E-state index is 12.3. The van der Waals surface area contributed by atoms with Crippen molar-refractivity contribution in [3.63, 3.8) is 0 Å². The summed E-state index contributed by atoms with van der Waals surface area (Å²) in [7, 11) is -3.99. The molecule has 3 rings (SSSR count). The third-order valence-corrected chi connectivity index (χ3v) is 5.22. The molecule has 23 heavy (non-hydrogen) atoms. The van der Waals surface area contributed by atoms with Crippen LogP contribution in [0, 0.1) is 13.8 Å². The van der Waals surface area contributed by atoms with Crippen LogP contribution in [-0.4, -0.2) is 26.1 Å². The molecule has 0 bridgehead atoms. The molecule has 2 heterocycles. The van der Waals surface area contributed by atoms with E-state index in [9.17, 15) is 13.2 Å². The molecular formula is C15H16N2O5S. The van der Waals surface area contributed by atoms with Gasteiger partial charge in [0.05, 0.1) is 13.0 Å². The number of nitrogens with zero attached hydrogens (tertiary/aromatic N) is 1.